The SMILES string of the molecule is O=C(c1cncc(C[C@H]2CC(=O)N(c3ccccc3)C2)n1)N1CCCCC1. The summed E-state index contributed by atoms with van der Waals surface area (Å²) in [6, 6.07) is 9.74. The van der Waals surface area contributed by atoms with Gasteiger partial charge in [-0.15, -0.1) is 0 Å². The molecule has 0 bridgehead atoms. The molecule has 2 amide bonds. The van der Waals surface area contributed by atoms with Crippen LogP contribution in [0, 0.1) is 5.92 Å². The Morgan fingerprint density at radius 3 is 2.63 bits per heavy atom. The molecule has 1 atom stereocenters. The number of likely N-dealkylation sites (tertiary alicyclic amines) is 1. The fraction of sp³-hybridized carbons (Fsp3) is 0.429. The number of rotatable bonds is 4. The van der Waals surface area contributed by atoms with E-state index in [2.05, 4.69) is 9.97 Å². The van der Waals surface area contributed by atoms with Crippen molar-refractivity contribution < 1.29 is 9.59 Å². The zero-order valence-electron chi connectivity index (χ0n) is 15.4. The number of carbonyl (C=O) groups is 2. The van der Waals surface area contributed by atoms with Gasteiger partial charge in [0.05, 0.1) is 11.9 Å². The molecule has 27 heavy (non-hydrogen) atoms. The van der Waals surface area contributed by atoms with E-state index in [0.29, 0.717) is 25.1 Å². The van der Waals surface area contributed by atoms with Crippen LogP contribution in [0.5, 0.6) is 0 Å². The Balaban J connectivity index is 1.43. The van der Waals surface area contributed by atoms with Crippen molar-refractivity contribution in [3.63, 3.8) is 0 Å². The van der Waals surface area contributed by atoms with Crippen molar-refractivity contribution in [1.29, 1.82) is 0 Å². The van der Waals surface area contributed by atoms with E-state index in [4.69, 9.17) is 0 Å². The summed E-state index contributed by atoms with van der Waals surface area (Å²) in [6.45, 7) is 2.27. The number of amides is 2. The van der Waals surface area contributed by atoms with Gasteiger partial charge in [-0.2, -0.15) is 0 Å². The van der Waals surface area contributed by atoms with Gasteiger partial charge in [0.1, 0.15) is 5.69 Å². The number of aromatic nitrogens is 2. The van der Waals surface area contributed by atoms with Gasteiger partial charge < -0.3 is 9.80 Å². The molecule has 4 rings (SSSR count). The highest BCUT2D eigenvalue weighted by molar-refractivity contribution is 5.95. The normalized spacial score (nSPS) is 20.1. The van der Waals surface area contributed by atoms with Gasteiger partial charge in [0.15, 0.2) is 0 Å². The number of para-hydroxylation sites is 1. The lowest BCUT2D eigenvalue weighted by atomic mass is 10.0. The number of benzene rings is 1. The molecule has 1 aromatic heterocycles. The van der Waals surface area contributed by atoms with E-state index in [1.54, 1.807) is 12.4 Å². The van der Waals surface area contributed by atoms with Gasteiger partial charge in [-0.3, -0.25) is 14.6 Å². The van der Waals surface area contributed by atoms with Crippen LogP contribution in [-0.4, -0.2) is 46.3 Å². The van der Waals surface area contributed by atoms with Crippen LogP contribution in [0.4, 0.5) is 5.69 Å². The maximum Gasteiger partial charge on any atom is 0.274 e. The predicted molar refractivity (Wildman–Crippen MR) is 102 cm³/mol. The Hall–Kier alpha value is -2.76. The molecule has 2 fully saturated rings. The van der Waals surface area contributed by atoms with Gasteiger partial charge in [0.25, 0.3) is 5.91 Å². The van der Waals surface area contributed by atoms with Crippen LogP contribution in [-0.2, 0) is 11.2 Å². The van der Waals surface area contributed by atoms with E-state index in [1.165, 1.54) is 6.42 Å². The number of hydrogen-bond donors (Lipinski definition) is 0. The van der Waals surface area contributed by atoms with Crippen molar-refractivity contribution >= 4 is 17.5 Å². The second-order valence-corrected chi connectivity index (χ2v) is 7.36. The highest BCUT2D eigenvalue weighted by atomic mass is 16.2. The molecule has 0 radical (unpaired) electrons. The van der Waals surface area contributed by atoms with Crippen LogP contribution in [0.15, 0.2) is 42.7 Å². The van der Waals surface area contributed by atoms with Crippen LogP contribution < -0.4 is 4.90 Å². The molecule has 0 unspecified atom stereocenters. The van der Waals surface area contributed by atoms with Gasteiger partial charge in [-0.05, 0) is 43.7 Å². The number of carbonyl (C=O) groups excluding carboxylic acids is 2. The molecule has 2 aliphatic rings. The molecule has 6 heteroatoms. The second-order valence-electron chi connectivity index (χ2n) is 7.36. The highest BCUT2D eigenvalue weighted by Gasteiger charge is 2.31. The lowest BCUT2D eigenvalue weighted by Gasteiger charge is -2.26. The fourth-order valence-corrected chi connectivity index (χ4v) is 3.94. The first-order chi connectivity index (χ1) is 13.2. The van der Waals surface area contributed by atoms with E-state index in [-0.39, 0.29) is 17.7 Å². The number of anilines is 1. The number of nitrogens with zero attached hydrogens (tertiary/aromatic N) is 4. The fourth-order valence-electron chi connectivity index (χ4n) is 3.94. The van der Waals surface area contributed by atoms with Gasteiger partial charge in [-0.1, -0.05) is 18.2 Å². The predicted octanol–water partition coefficient (Wildman–Crippen LogP) is 2.70. The zero-order valence-corrected chi connectivity index (χ0v) is 15.4. The van der Waals surface area contributed by atoms with Gasteiger partial charge in [0, 0.05) is 37.9 Å². The summed E-state index contributed by atoms with van der Waals surface area (Å²) >= 11 is 0. The van der Waals surface area contributed by atoms with Gasteiger partial charge in [0.2, 0.25) is 5.91 Å². The monoisotopic (exact) mass is 364 g/mol. The summed E-state index contributed by atoms with van der Waals surface area (Å²) in [7, 11) is 0. The maximum absolute atomic E-state index is 12.6. The van der Waals surface area contributed by atoms with Crippen molar-refractivity contribution in [2.45, 2.75) is 32.1 Å². The molecular weight excluding hydrogens is 340 g/mol. The minimum atomic E-state index is -0.0301. The van der Waals surface area contributed by atoms with Crippen molar-refractivity contribution in [2.75, 3.05) is 24.5 Å². The van der Waals surface area contributed by atoms with E-state index >= 15 is 0 Å². The third-order valence-corrected chi connectivity index (χ3v) is 5.32. The summed E-state index contributed by atoms with van der Waals surface area (Å²) in [5, 5.41) is 0. The minimum Gasteiger partial charge on any atom is -0.337 e. The first kappa shape index (κ1) is 17.6. The number of piperidine rings is 1. The van der Waals surface area contributed by atoms with Gasteiger partial charge >= 0.3 is 0 Å². The Kier molecular flexibility index (Phi) is 5.14. The molecule has 3 heterocycles. The van der Waals surface area contributed by atoms with Crippen LogP contribution in [0.25, 0.3) is 0 Å². The smallest absolute Gasteiger partial charge is 0.274 e. The zero-order chi connectivity index (χ0) is 18.6. The Bertz CT molecular complexity index is 818. The molecule has 2 aliphatic heterocycles. The quantitative estimate of drug-likeness (QED) is 0.837. The third kappa shape index (κ3) is 3.99. The van der Waals surface area contributed by atoms with Crippen molar-refractivity contribution in [1.82, 2.24) is 14.9 Å². The lowest BCUT2D eigenvalue weighted by Crippen LogP contribution is -2.36. The maximum atomic E-state index is 12.6. The summed E-state index contributed by atoms with van der Waals surface area (Å²) in [6.07, 6.45) is 7.71. The Labute approximate surface area is 159 Å². The molecule has 2 saturated heterocycles. The molecule has 2 aromatic rings. The largest absolute Gasteiger partial charge is 0.337 e. The molecule has 0 aliphatic carbocycles. The van der Waals surface area contributed by atoms with Crippen LogP contribution in [0.2, 0.25) is 0 Å². The molecule has 0 N–H and O–H groups in total. The first-order valence-electron chi connectivity index (χ1n) is 9.66. The summed E-state index contributed by atoms with van der Waals surface area (Å²) in [5.41, 5.74) is 2.13. The summed E-state index contributed by atoms with van der Waals surface area (Å²) in [4.78, 5) is 37.5. The van der Waals surface area contributed by atoms with Crippen LogP contribution in [0.1, 0.15) is 41.9 Å². The molecule has 6 nitrogen and oxygen atoms in total. The topological polar surface area (TPSA) is 66.4 Å². The Morgan fingerprint density at radius 2 is 1.85 bits per heavy atom. The summed E-state index contributed by atoms with van der Waals surface area (Å²) < 4.78 is 0. The van der Waals surface area contributed by atoms with Gasteiger partial charge in [-0.25, -0.2) is 4.98 Å². The van der Waals surface area contributed by atoms with Crippen LogP contribution >= 0.6 is 0 Å². The molecule has 0 saturated carbocycles. The average molecular weight is 364 g/mol. The van der Waals surface area contributed by atoms with Crippen LogP contribution in [0.3, 0.4) is 0 Å². The standard InChI is InChI=1S/C21H24N4O2/c26-20-12-16(15-25(20)18-7-3-1-4-8-18)11-17-13-22-14-19(23-17)21(27)24-9-5-2-6-10-24/h1,3-4,7-8,13-14,16H,2,5-6,9-12,15H2/t16-/m0/s1. The van der Waals surface area contributed by atoms with Crippen molar-refractivity contribution in [3.05, 3.63) is 54.1 Å². The van der Waals surface area contributed by atoms with E-state index < -0.39 is 0 Å². The second kappa shape index (κ2) is 7.86. The lowest BCUT2D eigenvalue weighted by molar-refractivity contribution is -0.117. The van der Waals surface area contributed by atoms with E-state index in [9.17, 15) is 9.59 Å². The Morgan fingerprint density at radius 1 is 1.07 bits per heavy atom. The molecule has 140 valence electrons. The van der Waals surface area contributed by atoms with Crippen molar-refractivity contribution in [2.24, 2.45) is 5.92 Å². The van der Waals surface area contributed by atoms with E-state index in [0.717, 1.165) is 37.3 Å². The summed E-state index contributed by atoms with van der Waals surface area (Å²) in [5.74, 6) is 0.296. The van der Waals surface area contributed by atoms with E-state index in [1.807, 2.05) is 40.1 Å². The molecule has 1 aromatic carbocycles. The molecular formula is C21H24N4O2. The minimum absolute atomic E-state index is 0.0301. The highest BCUT2D eigenvalue weighted by Crippen LogP contribution is 2.26. The first-order valence-corrected chi connectivity index (χ1v) is 9.66. The average Bonchev–Trinajstić information content (AvgIpc) is 3.09. The third-order valence-electron chi connectivity index (χ3n) is 5.32. The van der Waals surface area contributed by atoms with Crippen molar-refractivity contribution in [3.8, 4) is 0 Å². The molecule has 0 spiro atoms. The number of hydrogen-bond acceptors (Lipinski definition) is 4.